The van der Waals surface area contributed by atoms with Crippen molar-refractivity contribution in [1.82, 2.24) is 14.5 Å². The zero-order valence-corrected chi connectivity index (χ0v) is 32.1. The van der Waals surface area contributed by atoms with Crippen molar-refractivity contribution in [1.29, 1.82) is 0 Å². The number of methoxy groups -OCH3 is 1. The second kappa shape index (κ2) is 15.4. The highest BCUT2D eigenvalue weighted by atomic mass is 35.5. The van der Waals surface area contributed by atoms with Gasteiger partial charge in [-0.3, -0.25) is 14.6 Å². The first-order chi connectivity index (χ1) is 24.5. The Morgan fingerprint density at radius 3 is 2.65 bits per heavy atom. The Morgan fingerprint density at radius 1 is 0.980 bits per heavy atom. The van der Waals surface area contributed by atoms with E-state index in [9.17, 15) is 13.2 Å². The Hall–Kier alpha value is -2.63. The summed E-state index contributed by atoms with van der Waals surface area (Å²) in [7, 11) is -2.08. The van der Waals surface area contributed by atoms with Crippen molar-refractivity contribution in [3.8, 4) is 5.75 Å². The standard InChI is InChI=1S/C40H55ClN4O5S/c1-28-8-6-17-40(49-3,27-43-20-21-44-19-7-10-35(44)25-43)36-15-12-32(36)24-45-18-5-4-9-30-22-34(41)14-11-33(30)26-50-38-16-13-31(23-37(38)45)39(46)42-51(47,48)29(28)2/h6,11,13-14,16-17,22-23,28-29,32,35-36H,4-5,7-10,12,15,18-21,24-27H2,1-3H3,(H,42,46)/b17-6+/t28-,29+,32-,35-,36+,40+/m0/s1. The van der Waals surface area contributed by atoms with Gasteiger partial charge in [-0.15, -0.1) is 0 Å². The first-order valence-corrected chi connectivity index (χ1v) is 21.0. The van der Waals surface area contributed by atoms with Crippen molar-refractivity contribution < 1.29 is 22.7 Å². The fourth-order valence-electron chi connectivity index (χ4n) is 9.18. The van der Waals surface area contributed by atoms with Crippen LogP contribution in [-0.4, -0.2) is 93.9 Å². The molecule has 2 saturated heterocycles. The van der Waals surface area contributed by atoms with E-state index in [1.807, 2.05) is 44.4 Å². The third kappa shape index (κ3) is 7.86. The number of anilines is 1. The molecule has 1 saturated carbocycles. The molecule has 0 spiro atoms. The van der Waals surface area contributed by atoms with E-state index in [4.69, 9.17) is 21.1 Å². The first-order valence-electron chi connectivity index (χ1n) is 19.1. The highest BCUT2D eigenvalue weighted by Gasteiger charge is 2.49. The number of benzene rings is 2. The summed E-state index contributed by atoms with van der Waals surface area (Å²) in [6.07, 6.45) is 12.6. The van der Waals surface area contributed by atoms with Gasteiger partial charge in [0.15, 0.2) is 0 Å². The number of amides is 1. The Balaban J connectivity index is 1.26. The van der Waals surface area contributed by atoms with Crippen LogP contribution in [0.25, 0.3) is 0 Å². The van der Waals surface area contributed by atoms with Gasteiger partial charge in [0.1, 0.15) is 18.0 Å². The van der Waals surface area contributed by atoms with E-state index in [-0.39, 0.29) is 5.92 Å². The molecule has 1 aliphatic carbocycles. The topological polar surface area (TPSA) is 91.4 Å². The van der Waals surface area contributed by atoms with Crippen molar-refractivity contribution in [2.24, 2.45) is 17.8 Å². The van der Waals surface area contributed by atoms with Crippen molar-refractivity contribution in [2.75, 3.05) is 57.8 Å². The lowest BCUT2D eigenvalue weighted by molar-refractivity contribution is -0.0973. The molecule has 11 heteroatoms. The number of carbonyl (C=O) groups excluding carboxylic acids is 1. The summed E-state index contributed by atoms with van der Waals surface area (Å²) in [5.41, 5.74) is 2.93. The lowest BCUT2D eigenvalue weighted by Crippen LogP contribution is -2.59. The van der Waals surface area contributed by atoms with E-state index >= 15 is 0 Å². The second-order valence-electron chi connectivity index (χ2n) is 15.8. The number of ether oxygens (including phenoxy) is 2. The molecular formula is C40H55ClN4O5S. The van der Waals surface area contributed by atoms with Crippen molar-refractivity contribution >= 4 is 33.2 Å². The normalized spacial score (nSPS) is 32.6. The zero-order chi connectivity index (χ0) is 35.8. The summed E-state index contributed by atoms with van der Waals surface area (Å²) in [5.74, 6) is 0.533. The average molecular weight is 739 g/mol. The zero-order valence-electron chi connectivity index (χ0n) is 30.5. The van der Waals surface area contributed by atoms with E-state index in [2.05, 4.69) is 31.6 Å². The number of nitrogens with one attached hydrogen (secondary N) is 1. The molecule has 2 bridgehead atoms. The monoisotopic (exact) mass is 738 g/mol. The molecule has 0 radical (unpaired) electrons. The number of carbonyl (C=O) groups is 1. The summed E-state index contributed by atoms with van der Waals surface area (Å²) in [5, 5.41) is -0.0441. The van der Waals surface area contributed by atoms with E-state index in [0.717, 1.165) is 87.6 Å². The SMILES string of the molecule is CO[C@@]1(CN2CCN3CCC[C@H]3C2)/C=C/C[C@H](C)[C@@H](C)S(=O)(=O)NC(=O)c2ccc3c(c2)N(CCCCc2cc(Cl)ccc2CO3)C[C@@H]2CC[C@H]21. The quantitative estimate of drug-likeness (QED) is 0.368. The molecule has 3 fully saturated rings. The number of rotatable bonds is 3. The number of sulfonamides is 1. The minimum Gasteiger partial charge on any atom is -0.487 e. The molecule has 2 aromatic rings. The smallest absolute Gasteiger partial charge is 0.264 e. The largest absolute Gasteiger partial charge is 0.487 e. The summed E-state index contributed by atoms with van der Waals surface area (Å²) < 4.78 is 42.8. The average Bonchev–Trinajstić information content (AvgIpc) is 3.56. The predicted molar refractivity (Wildman–Crippen MR) is 203 cm³/mol. The Bertz CT molecular complexity index is 1720. The number of halogens is 1. The van der Waals surface area contributed by atoms with Crippen LogP contribution in [-0.2, 0) is 27.8 Å². The summed E-state index contributed by atoms with van der Waals surface area (Å²) >= 11 is 6.40. The van der Waals surface area contributed by atoms with Crippen LogP contribution in [0.4, 0.5) is 5.69 Å². The van der Waals surface area contributed by atoms with Crippen LogP contribution in [0.1, 0.15) is 80.3 Å². The fraction of sp³-hybridized carbons (Fsp3) is 0.625. The fourth-order valence-corrected chi connectivity index (χ4v) is 10.7. The number of fused-ring (bicyclic) bond motifs is 4. The Kier molecular flexibility index (Phi) is 11.1. The van der Waals surface area contributed by atoms with Gasteiger partial charge in [-0.05, 0) is 124 Å². The highest BCUT2D eigenvalue weighted by Crippen LogP contribution is 2.47. The van der Waals surface area contributed by atoms with Gasteiger partial charge in [0.2, 0.25) is 10.0 Å². The van der Waals surface area contributed by atoms with Crippen LogP contribution in [0.3, 0.4) is 0 Å². The molecule has 9 nitrogen and oxygen atoms in total. The van der Waals surface area contributed by atoms with Crippen LogP contribution < -0.4 is 14.4 Å². The van der Waals surface area contributed by atoms with E-state index in [0.29, 0.717) is 42.2 Å². The molecule has 2 aromatic carbocycles. The summed E-state index contributed by atoms with van der Waals surface area (Å²) in [4.78, 5) is 21.3. The minimum absolute atomic E-state index is 0.206. The van der Waals surface area contributed by atoms with Crippen molar-refractivity contribution in [2.45, 2.75) is 88.7 Å². The third-order valence-corrected chi connectivity index (χ3v) is 14.8. The van der Waals surface area contributed by atoms with Gasteiger partial charge in [0, 0.05) is 63.0 Å². The maximum atomic E-state index is 13.6. The van der Waals surface area contributed by atoms with Crippen LogP contribution in [0, 0.1) is 17.8 Å². The first kappa shape index (κ1) is 36.7. The molecule has 278 valence electrons. The highest BCUT2D eigenvalue weighted by molar-refractivity contribution is 7.90. The van der Waals surface area contributed by atoms with Gasteiger partial charge in [-0.2, -0.15) is 0 Å². The molecule has 4 heterocycles. The second-order valence-corrected chi connectivity index (χ2v) is 18.2. The van der Waals surface area contributed by atoms with Crippen molar-refractivity contribution in [3.05, 3.63) is 70.3 Å². The van der Waals surface area contributed by atoms with Crippen LogP contribution in [0.15, 0.2) is 48.6 Å². The minimum atomic E-state index is -3.94. The number of nitrogens with zero attached hydrogens (tertiary/aromatic N) is 3. The number of aryl methyl sites for hydroxylation is 1. The molecule has 1 amide bonds. The number of hydrogen-bond acceptors (Lipinski definition) is 8. The molecule has 51 heavy (non-hydrogen) atoms. The van der Waals surface area contributed by atoms with Crippen molar-refractivity contribution in [3.63, 3.8) is 0 Å². The number of allylic oxidation sites excluding steroid dienone is 1. The van der Waals surface area contributed by atoms with Gasteiger partial charge in [0.05, 0.1) is 10.9 Å². The molecule has 6 atom stereocenters. The van der Waals surface area contributed by atoms with Gasteiger partial charge in [-0.25, -0.2) is 13.1 Å². The van der Waals surface area contributed by atoms with Gasteiger partial charge >= 0.3 is 0 Å². The van der Waals surface area contributed by atoms with Gasteiger partial charge in [0.25, 0.3) is 5.91 Å². The predicted octanol–water partition coefficient (Wildman–Crippen LogP) is 6.30. The molecule has 5 aliphatic rings. The molecule has 4 aliphatic heterocycles. The van der Waals surface area contributed by atoms with E-state index < -0.39 is 26.8 Å². The summed E-state index contributed by atoms with van der Waals surface area (Å²) in [6, 6.07) is 11.9. The van der Waals surface area contributed by atoms with Gasteiger partial charge in [-0.1, -0.05) is 36.7 Å². The molecular weight excluding hydrogens is 684 g/mol. The van der Waals surface area contributed by atoms with Gasteiger partial charge < -0.3 is 14.4 Å². The van der Waals surface area contributed by atoms with Crippen LogP contribution >= 0.6 is 11.6 Å². The Morgan fingerprint density at radius 2 is 1.84 bits per heavy atom. The number of piperazine rings is 1. The lowest BCUT2D eigenvalue weighted by Gasteiger charge is -2.52. The maximum Gasteiger partial charge on any atom is 0.264 e. The van der Waals surface area contributed by atoms with Crippen LogP contribution in [0.5, 0.6) is 5.75 Å². The Labute approximate surface area is 309 Å². The molecule has 0 unspecified atom stereocenters. The van der Waals surface area contributed by atoms with E-state index in [1.165, 1.54) is 24.9 Å². The lowest BCUT2D eigenvalue weighted by atomic mass is 9.63. The van der Waals surface area contributed by atoms with E-state index in [1.54, 1.807) is 13.0 Å². The molecule has 1 N–H and O–H groups in total. The molecule has 0 aromatic heterocycles. The number of hydrogen-bond donors (Lipinski definition) is 1. The maximum absolute atomic E-state index is 13.6. The summed E-state index contributed by atoms with van der Waals surface area (Å²) in [6.45, 7) is 10.8. The third-order valence-electron chi connectivity index (χ3n) is 12.7. The van der Waals surface area contributed by atoms with Crippen LogP contribution in [0.2, 0.25) is 5.02 Å². The molecule has 7 rings (SSSR count).